The Kier molecular flexibility index (Phi) is 6.04. The Labute approximate surface area is 142 Å². The van der Waals surface area contributed by atoms with Crippen LogP contribution in [0.1, 0.15) is 12.5 Å². The fraction of sp³-hybridized carbons (Fsp3) is 0.312. The number of aromatic nitrogens is 1. The smallest absolute Gasteiger partial charge is 0.243 e. The van der Waals surface area contributed by atoms with E-state index in [1.807, 2.05) is 13.0 Å². The molecule has 1 heterocycles. The van der Waals surface area contributed by atoms with Crippen molar-refractivity contribution in [2.24, 2.45) is 0 Å². The van der Waals surface area contributed by atoms with Crippen LogP contribution in [-0.4, -0.2) is 36.6 Å². The molecule has 124 valence electrons. The van der Waals surface area contributed by atoms with E-state index in [9.17, 15) is 8.42 Å². The lowest BCUT2D eigenvalue weighted by atomic mass is 10.3. The molecule has 23 heavy (non-hydrogen) atoms. The van der Waals surface area contributed by atoms with Gasteiger partial charge in [-0.05, 0) is 35.9 Å². The summed E-state index contributed by atoms with van der Waals surface area (Å²) in [4.78, 5) is 4.27. The van der Waals surface area contributed by atoms with Crippen molar-refractivity contribution in [1.29, 1.82) is 0 Å². The molecular weight excluding hydrogens is 332 g/mol. The van der Waals surface area contributed by atoms with E-state index in [1.165, 1.54) is 4.31 Å². The van der Waals surface area contributed by atoms with E-state index in [0.717, 1.165) is 5.56 Å². The maximum atomic E-state index is 12.9. The summed E-state index contributed by atoms with van der Waals surface area (Å²) in [5.74, 6) is 0.616. The molecule has 0 aliphatic heterocycles. The van der Waals surface area contributed by atoms with Crippen LogP contribution in [0.5, 0.6) is 5.75 Å². The molecule has 2 aromatic rings. The van der Waals surface area contributed by atoms with Crippen LogP contribution in [0.15, 0.2) is 53.7 Å². The summed E-state index contributed by atoms with van der Waals surface area (Å²) < 4.78 is 32.3. The summed E-state index contributed by atoms with van der Waals surface area (Å²) in [5.41, 5.74) is 0.832. The second-order valence-electron chi connectivity index (χ2n) is 5.18. The highest BCUT2D eigenvalue weighted by Gasteiger charge is 2.25. The Morgan fingerprint density at radius 3 is 2.48 bits per heavy atom. The SMILES string of the molecule is COc1ccc(S(=O)(=O)N(Cc2cccnc2)C[C@@H](C)S)cc1. The molecule has 1 aromatic heterocycles. The summed E-state index contributed by atoms with van der Waals surface area (Å²) in [6.45, 7) is 2.43. The minimum absolute atomic E-state index is 0.0836. The van der Waals surface area contributed by atoms with Gasteiger partial charge in [0.15, 0.2) is 0 Å². The van der Waals surface area contributed by atoms with Crippen molar-refractivity contribution in [1.82, 2.24) is 9.29 Å². The number of ether oxygens (including phenoxy) is 1. The Morgan fingerprint density at radius 2 is 1.96 bits per heavy atom. The zero-order chi connectivity index (χ0) is 16.9. The highest BCUT2D eigenvalue weighted by molar-refractivity contribution is 7.89. The molecule has 0 N–H and O–H groups in total. The van der Waals surface area contributed by atoms with Gasteiger partial charge in [-0.2, -0.15) is 16.9 Å². The quantitative estimate of drug-likeness (QED) is 0.778. The molecule has 0 radical (unpaired) electrons. The lowest BCUT2D eigenvalue weighted by Crippen LogP contribution is -2.34. The molecule has 5 nitrogen and oxygen atoms in total. The van der Waals surface area contributed by atoms with Gasteiger partial charge in [0, 0.05) is 30.7 Å². The first-order valence-corrected chi connectivity index (χ1v) is 9.10. The minimum Gasteiger partial charge on any atom is -0.497 e. The van der Waals surface area contributed by atoms with Crippen LogP contribution in [0, 0.1) is 0 Å². The summed E-state index contributed by atoms with van der Waals surface area (Å²) >= 11 is 4.34. The van der Waals surface area contributed by atoms with Crippen molar-refractivity contribution in [3.63, 3.8) is 0 Å². The zero-order valence-electron chi connectivity index (χ0n) is 13.1. The van der Waals surface area contributed by atoms with Crippen LogP contribution in [0.25, 0.3) is 0 Å². The molecule has 0 unspecified atom stereocenters. The van der Waals surface area contributed by atoms with Crippen LogP contribution in [0.3, 0.4) is 0 Å². The molecule has 2 rings (SSSR count). The average Bonchev–Trinajstić information content (AvgIpc) is 2.55. The number of benzene rings is 1. The van der Waals surface area contributed by atoms with Crippen molar-refractivity contribution in [2.45, 2.75) is 23.6 Å². The summed E-state index contributed by atoms with van der Waals surface area (Å²) in [6, 6.07) is 10.0. The van der Waals surface area contributed by atoms with Gasteiger partial charge in [0.2, 0.25) is 10.0 Å². The molecule has 0 saturated heterocycles. The van der Waals surface area contributed by atoms with E-state index in [2.05, 4.69) is 17.6 Å². The fourth-order valence-electron chi connectivity index (χ4n) is 2.13. The number of rotatable bonds is 7. The van der Waals surface area contributed by atoms with E-state index in [-0.39, 0.29) is 16.7 Å². The lowest BCUT2D eigenvalue weighted by Gasteiger charge is -2.23. The maximum absolute atomic E-state index is 12.9. The van der Waals surface area contributed by atoms with Crippen molar-refractivity contribution in [2.75, 3.05) is 13.7 Å². The van der Waals surface area contributed by atoms with Gasteiger partial charge in [0.1, 0.15) is 5.75 Å². The van der Waals surface area contributed by atoms with Crippen LogP contribution in [-0.2, 0) is 16.6 Å². The molecule has 0 saturated carbocycles. The van der Waals surface area contributed by atoms with Gasteiger partial charge in [-0.15, -0.1) is 0 Å². The second-order valence-corrected chi connectivity index (χ2v) is 8.00. The van der Waals surface area contributed by atoms with Gasteiger partial charge < -0.3 is 4.74 Å². The van der Waals surface area contributed by atoms with E-state index >= 15 is 0 Å². The largest absolute Gasteiger partial charge is 0.497 e. The molecule has 0 aliphatic rings. The third-order valence-corrected chi connectivity index (χ3v) is 5.24. The first-order valence-electron chi connectivity index (χ1n) is 7.14. The van der Waals surface area contributed by atoms with E-state index in [0.29, 0.717) is 12.3 Å². The Bertz CT molecular complexity index is 717. The van der Waals surface area contributed by atoms with E-state index < -0.39 is 10.0 Å². The molecule has 1 aromatic carbocycles. The van der Waals surface area contributed by atoms with Crippen LogP contribution in [0.2, 0.25) is 0 Å². The summed E-state index contributed by atoms with van der Waals surface area (Å²) in [6.07, 6.45) is 3.33. The van der Waals surface area contributed by atoms with Crippen LogP contribution in [0.4, 0.5) is 0 Å². The van der Waals surface area contributed by atoms with Crippen molar-refractivity contribution in [3.8, 4) is 5.75 Å². The van der Waals surface area contributed by atoms with Crippen molar-refractivity contribution < 1.29 is 13.2 Å². The van der Waals surface area contributed by atoms with Gasteiger partial charge in [-0.3, -0.25) is 4.98 Å². The Morgan fingerprint density at radius 1 is 1.26 bits per heavy atom. The highest BCUT2D eigenvalue weighted by Crippen LogP contribution is 2.22. The molecule has 0 amide bonds. The number of nitrogens with zero attached hydrogens (tertiary/aromatic N) is 2. The number of methoxy groups -OCH3 is 1. The molecule has 7 heteroatoms. The predicted molar refractivity (Wildman–Crippen MR) is 93.3 cm³/mol. The molecule has 1 atom stereocenters. The number of sulfonamides is 1. The second kappa shape index (κ2) is 7.81. The van der Waals surface area contributed by atoms with Gasteiger partial charge >= 0.3 is 0 Å². The van der Waals surface area contributed by atoms with E-state index in [1.54, 1.807) is 49.8 Å². The number of hydrogen-bond acceptors (Lipinski definition) is 5. The minimum atomic E-state index is -3.62. The molecule has 0 spiro atoms. The van der Waals surface area contributed by atoms with Crippen molar-refractivity contribution >= 4 is 22.7 Å². The third-order valence-electron chi connectivity index (χ3n) is 3.25. The first-order chi connectivity index (χ1) is 10.9. The van der Waals surface area contributed by atoms with Gasteiger partial charge in [-0.25, -0.2) is 8.42 Å². The first kappa shape index (κ1) is 17.8. The van der Waals surface area contributed by atoms with Crippen molar-refractivity contribution in [3.05, 3.63) is 54.4 Å². The molecule has 0 fully saturated rings. The average molecular weight is 352 g/mol. The highest BCUT2D eigenvalue weighted by atomic mass is 32.2. The zero-order valence-corrected chi connectivity index (χ0v) is 14.8. The van der Waals surface area contributed by atoms with Crippen LogP contribution < -0.4 is 4.74 Å². The van der Waals surface area contributed by atoms with Gasteiger partial charge in [-0.1, -0.05) is 13.0 Å². The fourth-order valence-corrected chi connectivity index (χ4v) is 3.96. The normalized spacial score (nSPS) is 13.0. The maximum Gasteiger partial charge on any atom is 0.243 e. The third kappa shape index (κ3) is 4.70. The summed E-state index contributed by atoms with van der Waals surface area (Å²) in [7, 11) is -2.08. The monoisotopic (exact) mass is 352 g/mol. The van der Waals surface area contributed by atoms with Gasteiger partial charge in [0.25, 0.3) is 0 Å². The molecule has 0 aliphatic carbocycles. The Balaban J connectivity index is 2.31. The van der Waals surface area contributed by atoms with E-state index in [4.69, 9.17) is 4.74 Å². The molecule has 0 bridgehead atoms. The van der Waals surface area contributed by atoms with Gasteiger partial charge in [0.05, 0.1) is 12.0 Å². The Hall–Kier alpha value is -1.57. The topological polar surface area (TPSA) is 59.5 Å². The predicted octanol–water partition coefficient (Wildman–Crippen LogP) is 2.60. The number of thiol groups is 1. The molecular formula is C16H20N2O3S2. The number of hydrogen-bond donors (Lipinski definition) is 1. The number of pyridine rings is 1. The summed E-state index contributed by atoms with van der Waals surface area (Å²) in [5, 5.41) is -0.0836. The standard InChI is InChI=1S/C16H20N2O3S2/c1-13(22)11-18(12-14-4-3-9-17-10-14)23(19,20)16-7-5-15(21-2)6-8-16/h3-10,13,22H,11-12H2,1-2H3/t13-/m1/s1. The lowest BCUT2D eigenvalue weighted by molar-refractivity contribution is 0.407. The van der Waals surface area contributed by atoms with Crippen LogP contribution >= 0.6 is 12.6 Å².